The van der Waals surface area contributed by atoms with Gasteiger partial charge < -0.3 is 4.74 Å². The molecule has 1 aliphatic heterocycles. The quantitative estimate of drug-likeness (QED) is 0.599. The summed E-state index contributed by atoms with van der Waals surface area (Å²) in [5.41, 5.74) is 0.226. The maximum absolute atomic E-state index is 12.5. The van der Waals surface area contributed by atoms with Gasteiger partial charge in [-0.05, 0) is 12.0 Å². The van der Waals surface area contributed by atoms with Crippen LogP contribution >= 0.6 is 0 Å². The summed E-state index contributed by atoms with van der Waals surface area (Å²) in [7, 11) is 1.37. The first-order valence-corrected chi connectivity index (χ1v) is 8.00. The van der Waals surface area contributed by atoms with E-state index >= 15 is 0 Å². The van der Waals surface area contributed by atoms with Crippen molar-refractivity contribution in [1.82, 2.24) is 4.90 Å². The van der Waals surface area contributed by atoms with Gasteiger partial charge in [0.2, 0.25) is 0 Å². The molecular weight excluding hydrogens is 278 g/mol. The minimum absolute atomic E-state index is 0.0390. The maximum atomic E-state index is 12.5. The molecule has 0 aromatic heterocycles. The van der Waals surface area contributed by atoms with Crippen LogP contribution in [0.3, 0.4) is 0 Å². The van der Waals surface area contributed by atoms with Gasteiger partial charge in [-0.1, -0.05) is 50.1 Å². The first-order valence-electron chi connectivity index (χ1n) is 8.00. The van der Waals surface area contributed by atoms with Crippen LogP contribution in [0.25, 0.3) is 0 Å². The van der Waals surface area contributed by atoms with Crippen molar-refractivity contribution in [3.8, 4) is 0 Å². The van der Waals surface area contributed by atoms with E-state index in [1.807, 2.05) is 18.2 Å². The van der Waals surface area contributed by atoms with Gasteiger partial charge in [-0.15, -0.1) is 0 Å². The summed E-state index contributed by atoms with van der Waals surface area (Å²) in [5, 5.41) is 0. The lowest BCUT2D eigenvalue weighted by atomic mass is 9.74. The number of benzene rings is 1. The van der Waals surface area contributed by atoms with Gasteiger partial charge in [0.1, 0.15) is 5.41 Å². The SMILES string of the molecule is CCCCC1(C(=O)OC)CN(Cc2ccccc2)CCC1=O. The zero-order chi connectivity index (χ0) is 16.0. The fourth-order valence-electron chi connectivity index (χ4n) is 3.20. The van der Waals surface area contributed by atoms with Gasteiger partial charge in [0, 0.05) is 26.1 Å². The third-order valence-electron chi connectivity index (χ3n) is 4.46. The summed E-state index contributed by atoms with van der Waals surface area (Å²) in [6.45, 7) is 4.00. The lowest BCUT2D eigenvalue weighted by molar-refractivity contribution is -0.163. The molecule has 4 nitrogen and oxygen atoms in total. The third kappa shape index (κ3) is 3.55. The van der Waals surface area contributed by atoms with Crippen LogP contribution in [0.15, 0.2) is 30.3 Å². The van der Waals surface area contributed by atoms with Crippen molar-refractivity contribution in [2.75, 3.05) is 20.2 Å². The summed E-state index contributed by atoms with van der Waals surface area (Å²) in [5.74, 6) is -0.333. The van der Waals surface area contributed by atoms with Crippen LogP contribution in [0.1, 0.15) is 38.2 Å². The molecule has 22 heavy (non-hydrogen) atoms. The summed E-state index contributed by atoms with van der Waals surface area (Å²) in [6, 6.07) is 10.2. The molecule has 1 aromatic carbocycles. The standard InChI is InChI=1S/C18H25NO3/c1-3-4-11-18(17(21)22-2)14-19(12-10-16(18)20)13-15-8-6-5-7-9-15/h5-9H,3-4,10-14H2,1-2H3. The van der Waals surface area contributed by atoms with Crippen molar-refractivity contribution >= 4 is 11.8 Å². The number of carbonyl (C=O) groups excluding carboxylic acids is 2. The van der Waals surface area contributed by atoms with E-state index in [9.17, 15) is 9.59 Å². The van der Waals surface area contributed by atoms with Crippen molar-refractivity contribution in [3.63, 3.8) is 0 Å². The minimum atomic E-state index is -0.974. The number of ether oxygens (including phenoxy) is 1. The Hall–Kier alpha value is -1.68. The van der Waals surface area contributed by atoms with Gasteiger partial charge >= 0.3 is 5.97 Å². The van der Waals surface area contributed by atoms with Crippen LogP contribution in [-0.2, 0) is 20.9 Å². The molecule has 0 aliphatic carbocycles. The molecule has 1 heterocycles. The Labute approximate surface area is 132 Å². The van der Waals surface area contributed by atoms with Crippen molar-refractivity contribution in [2.45, 2.75) is 39.2 Å². The van der Waals surface area contributed by atoms with E-state index in [4.69, 9.17) is 4.74 Å². The van der Waals surface area contributed by atoms with E-state index < -0.39 is 5.41 Å². The lowest BCUT2D eigenvalue weighted by Crippen LogP contribution is -2.53. The smallest absolute Gasteiger partial charge is 0.320 e. The molecule has 0 spiro atoms. The monoisotopic (exact) mass is 303 g/mol. The van der Waals surface area contributed by atoms with Crippen LogP contribution in [0.2, 0.25) is 0 Å². The van der Waals surface area contributed by atoms with Gasteiger partial charge in [-0.25, -0.2) is 0 Å². The molecule has 1 aromatic rings. The highest BCUT2D eigenvalue weighted by atomic mass is 16.5. The molecule has 4 heteroatoms. The number of hydrogen-bond donors (Lipinski definition) is 0. The van der Waals surface area contributed by atoms with E-state index in [0.29, 0.717) is 25.9 Å². The van der Waals surface area contributed by atoms with Crippen LogP contribution in [0.5, 0.6) is 0 Å². The molecule has 1 unspecified atom stereocenters. The zero-order valence-corrected chi connectivity index (χ0v) is 13.5. The Kier molecular flexibility index (Phi) is 5.72. The number of rotatable bonds is 6. The number of unbranched alkanes of at least 4 members (excludes halogenated alkanes) is 1. The van der Waals surface area contributed by atoms with Crippen molar-refractivity contribution in [3.05, 3.63) is 35.9 Å². The van der Waals surface area contributed by atoms with E-state index in [-0.39, 0.29) is 11.8 Å². The Morgan fingerprint density at radius 3 is 2.68 bits per heavy atom. The van der Waals surface area contributed by atoms with Crippen molar-refractivity contribution in [2.24, 2.45) is 5.41 Å². The topological polar surface area (TPSA) is 46.6 Å². The normalized spacial score (nSPS) is 22.5. The molecule has 120 valence electrons. The highest BCUT2D eigenvalue weighted by Crippen LogP contribution is 2.34. The number of nitrogens with zero attached hydrogens (tertiary/aromatic N) is 1. The molecule has 1 fully saturated rings. The second-order valence-electron chi connectivity index (χ2n) is 6.05. The van der Waals surface area contributed by atoms with E-state index in [1.165, 1.54) is 12.7 Å². The number of ketones is 1. The summed E-state index contributed by atoms with van der Waals surface area (Å²) < 4.78 is 4.97. The molecule has 1 saturated heterocycles. The maximum Gasteiger partial charge on any atom is 0.320 e. The Balaban J connectivity index is 2.16. The first-order chi connectivity index (χ1) is 10.6. The second kappa shape index (κ2) is 7.54. The number of Topliss-reactive ketones (excluding diaryl/α,β-unsaturated/α-hetero) is 1. The van der Waals surface area contributed by atoms with E-state index in [2.05, 4.69) is 24.0 Å². The summed E-state index contributed by atoms with van der Waals surface area (Å²) in [4.78, 5) is 27.0. The van der Waals surface area contributed by atoms with Crippen LogP contribution in [-0.4, -0.2) is 36.9 Å². The highest BCUT2D eigenvalue weighted by Gasteiger charge is 2.49. The molecule has 2 rings (SSSR count). The predicted molar refractivity (Wildman–Crippen MR) is 85.3 cm³/mol. The number of esters is 1. The van der Waals surface area contributed by atoms with Crippen LogP contribution in [0, 0.1) is 5.41 Å². The van der Waals surface area contributed by atoms with Crippen molar-refractivity contribution in [1.29, 1.82) is 0 Å². The average Bonchev–Trinajstić information content (AvgIpc) is 2.55. The van der Waals surface area contributed by atoms with E-state index in [0.717, 1.165) is 19.4 Å². The molecule has 0 bridgehead atoms. The number of likely N-dealkylation sites (tertiary alicyclic amines) is 1. The Bertz CT molecular complexity index is 504. The van der Waals surface area contributed by atoms with Gasteiger partial charge in [0.15, 0.2) is 5.78 Å². The number of methoxy groups -OCH3 is 1. The number of carbonyl (C=O) groups is 2. The first kappa shape index (κ1) is 16.7. The molecule has 0 N–H and O–H groups in total. The lowest BCUT2D eigenvalue weighted by Gasteiger charge is -2.39. The fraction of sp³-hybridized carbons (Fsp3) is 0.556. The molecule has 1 aliphatic rings. The number of piperidine rings is 1. The van der Waals surface area contributed by atoms with Crippen LogP contribution < -0.4 is 0 Å². The van der Waals surface area contributed by atoms with E-state index in [1.54, 1.807) is 0 Å². The average molecular weight is 303 g/mol. The summed E-state index contributed by atoms with van der Waals surface area (Å²) in [6.07, 6.45) is 2.83. The predicted octanol–water partition coefficient (Wildman–Crippen LogP) is 2.81. The second-order valence-corrected chi connectivity index (χ2v) is 6.05. The molecule has 0 radical (unpaired) electrons. The fourth-order valence-corrected chi connectivity index (χ4v) is 3.20. The number of hydrogen-bond acceptors (Lipinski definition) is 4. The molecule has 0 saturated carbocycles. The third-order valence-corrected chi connectivity index (χ3v) is 4.46. The zero-order valence-electron chi connectivity index (χ0n) is 13.5. The van der Waals surface area contributed by atoms with Gasteiger partial charge in [-0.3, -0.25) is 14.5 Å². The summed E-state index contributed by atoms with van der Waals surface area (Å²) >= 11 is 0. The highest BCUT2D eigenvalue weighted by molar-refractivity contribution is 6.04. The molecule has 1 atom stereocenters. The van der Waals surface area contributed by atoms with Gasteiger partial charge in [0.25, 0.3) is 0 Å². The largest absolute Gasteiger partial charge is 0.468 e. The van der Waals surface area contributed by atoms with Crippen molar-refractivity contribution < 1.29 is 14.3 Å². The Morgan fingerprint density at radius 1 is 1.32 bits per heavy atom. The minimum Gasteiger partial charge on any atom is -0.468 e. The van der Waals surface area contributed by atoms with Crippen LogP contribution in [0.4, 0.5) is 0 Å². The Morgan fingerprint density at radius 2 is 2.05 bits per heavy atom. The van der Waals surface area contributed by atoms with Gasteiger partial charge in [-0.2, -0.15) is 0 Å². The van der Waals surface area contributed by atoms with Gasteiger partial charge in [0.05, 0.1) is 7.11 Å². The molecular formula is C18H25NO3. The molecule has 0 amide bonds.